The molecule has 0 aromatic heterocycles. The first-order valence-electron chi connectivity index (χ1n) is 6.20. The summed E-state index contributed by atoms with van der Waals surface area (Å²) in [4.78, 5) is 13.7. The van der Waals surface area contributed by atoms with E-state index in [1.165, 1.54) is 0 Å². The number of carbonyl (C=O) groups is 1. The summed E-state index contributed by atoms with van der Waals surface area (Å²) in [6.07, 6.45) is 1.42. The van der Waals surface area contributed by atoms with Gasteiger partial charge in [0, 0.05) is 25.4 Å². The van der Waals surface area contributed by atoms with Crippen molar-refractivity contribution in [1.82, 2.24) is 4.90 Å². The highest BCUT2D eigenvalue weighted by molar-refractivity contribution is 6.18. The number of halogens is 1. The number of benzene rings is 1. The van der Waals surface area contributed by atoms with Gasteiger partial charge in [0.25, 0.3) is 0 Å². The van der Waals surface area contributed by atoms with Crippen LogP contribution in [-0.2, 0) is 11.2 Å². The number of para-hydroxylation sites is 1. The molecule has 1 heterocycles. The number of nitrogens with zero attached hydrogens (tertiary/aromatic N) is 1. The van der Waals surface area contributed by atoms with Gasteiger partial charge in [-0.05, 0) is 24.0 Å². The normalized spacial score (nSPS) is 19.3. The molecule has 98 valence electrons. The van der Waals surface area contributed by atoms with Crippen LogP contribution in [0.15, 0.2) is 24.3 Å². The van der Waals surface area contributed by atoms with Gasteiger partial charge in [0.2, 0.25) is 5.91 Å². The number of hydrogen-bond donors (Lipinski definition) is 0. The summed E-state index contributed by atoms with van der Waals surface area (Å²) in [5.41, 5.74) is 1.14. The van der Waals surface area contributed by atoms with E-state index in [-0.39, 0.29) is 5.91 Å². The second kappa shape index (κ2) is 6.10. The molecule has 0 saturated carbocycles. The lowest BCUT2D eigenvalue weighted by Crippen LogP contribution is -2.27. The van der Waals surface area contributed by atoms with Crippen molar-refractivity contribution < 1.29 is 9.53 Å². The summed E-state index contributed by atoms with van der Waals surface area (Å²) in [5.74, 6) is 1.99. The van der Waals surface area contributed by atoms with Gasteiger partial charge in [-0.3, -0.25) is 4.79 Å². The van der Waals surface area contributed by atoms with Crippen molar-refractivity contribution in [3.05, 3.63) is 29.8 Å². The molecule has 0 N–H and O–H groups in total. The first-order chi connectivity index (χ1) is 8.74. The van der Waals surface area contributed by atoms with Crippen molar-refractivity contribution in [2.24, 2.45) is 5.92 Å². The SMILES string of the molecule is COc1ccccc1CCN1CC(CCl)CC1=O. The van der Waals surface area contributed by atoms with Gasteiger partial charge < -0.3 is 9.64 Å². The molecule has 1 aromatic carbocycles. The van der Waals surface area contributed by atoms with Gasteiger partial charge in [0.05, 0.1) is 7.11 Å². The molecule has 1 atom stereocenters. The Morgan fingerprint density at radius 1 is 1.44 bits per heavy atom. The van der Waals surface area contributed by atoms with Crippen LogP contribution in [0.1, 0.15) is 12.0 Å². The predicted molar refractivity (Wildman–Crippen MR) is 72.1 cm³/mol. The minimum Gasteiger partial charge on any atom is -0.496 e. The van der Waals surface area contributed by atoms with Gasteiger partial charge >= 0.3 is 0 Å². The molecule has 1 amide bonds. The van der Waals surface area contributed by atoms with Crippen LogP contribution < -0.4 is 4.74 Å². The Labute approximate surface area is 113 Å². The molecule has 2 rings (SSSR count). The molecule has 1 aliphatic heterocycles. The van der Waals surface area contributed by atoms with E-state index in [2.05, 4.69) is 0 Å². The van der Waals surface area contributed by atoms with Crippen LogP contribution >= 0.6 is 11.6 Å². The highest BCUT2D eigenvalue weighted by atomic mass is 35.5. The van der Waals surface area contributed by atoms with Crippen molar-refractivity contribution in [2.75, 3.05) is 26.1 Å². The monoisotopic (exact) mass is 267 g/mol. The van der Waals surface area contributed by atoms with E-state index in [1.54, 1.807) is 7.11 Å². The topological polar surface area (TPSA) is 29.5 Å². The third kappa shape index (κ3) is 2.96. The van der Waals surface area contributed by atoms with Gasteiger partial charge in [0.15, 0.2) is 0 Å². The summed E-state index contributed by atoms with van der Waals surface area (Å²) < 4.78 is 5.31. The molecule has 0 aliphatic carbocycles. The second-order valence-corrected chi connectivity index (χ2v) is 4.93. The van der Waals surface area contributed by atoms with Gasteiger partial charge in [-0.1, -0.05) is 18.2 Å². The molecule has 0 bridgehead atoms. The van der Waals surface area contributed by atoms with Crippen LogP contribution in [-0.4, -0.2) is 36.9 Å². The standard InChI is InChI=1S/C14H18ClNO2/c1-18-13-5-3-2-4-12(13)6-7-16-10-11(9-15)8-14(16)17/h2-5,11H,6-10H2,1H3. The zero-order valence-corrected chi connectivity index (χ0v) is 11.3. The molecule has 1 saturated heterocycles. The Morgan fingerprint density at radius 3 is 2.89 bits per heavy atom. The molecule has 3 nitrogen and oxygen atoms in total. The molecule has 4 heteroatoms. The van der Waals surface area contributed by atoms with Crippen LogP contribution in [0.3, 0.4) is 0 Å². The number of hydrogen-bond acceptors (Lipinski definition) is 2. The van der Waals surface area contributed by atoms with Crippen LogP contribution in [0.4, 0.5) is 0 Å². The molecule has 0 radical (unpaired) electrons. The van der Waals surface area contributed by atoms with Crippen LogP contribution in [0, 0.1) is 5.92 Å². The lowest BCUT2D eigenvalue weighted by Gasteiger charge is -2.17. The maximum absolute atomic E-state index is 11.8. The molecule has 1 fully saturated rings. The number of carbonyl (C=O) groups excluding carboxylic acids is 1. The zero-order valence-electron chi connectivity index (χ0n) is 10.6. The number of amides is 1. The third-order valence-electron chi connectivity index (χ3n) is 3.36. The fraction of sp³-hybridized carbons (Fsp3) is 0.500. The Hall–Kier alpha value is -1.22. The van der Waals surface area contributed by atoms with E-state index >= 15 is 0 Å². The van der Waals surface area contributed by atoms with Gasteiger partial charge in [-0.25, -0.2) is 0 Å². The van der Waals surface area contributed by atoms with Crippen LogP contribution in [0.5, 0.6) is 5.75 Å². The summed E-state index contributed by atoms with van der Waals surface area (Å²) in [5, 5.41) is 0. The molecule has 0 spiro atoms. The lowest BCUT2D eigenvalue weighted by atomic mass is 10.1. The minimum absolute atomic E-state index is 0.218. The maximum Gasteiger partial charge on any atom is 0.222 e. The van der Waals surface area contributed by atoms with Crippen molar-refractivity contribution >= 4 is 17.5 Å². The van der Waals surface area contributed by atoms with E-state index in [0.29, 0.717) is 18.2 Å². The largest absolute Gasteiger partial charge is 0.496 e. The molecular weight excluding hydrogens is 250 g/mol. The summed E-state index contributed by atoms with van der Waals surface area (Å²) >= 11 is 5.80. The Balaban J connectivity index is 1.93. The number of ether oxygens (including phenoxy) is 1. The van der Waals surface area contributed by atoms with Crippen molar-refractivity contribution in [3.8, 4) is 5.75 Å². The molecule has 1 aromatic rings. The zero-order chi connectivity index (χ0) is 13.0. The van der Waals surface area contributed by atoms with Crippen molar-refractivity contribution in [3.63, 3.8) is 0 Å². The summed E-state index contributed by atoms with van der Waals surface area (Å²) in [6.45, 7) is 1.53. The summed E-state index contributed by atoms with van der Waals surface area (Å²) in [6, 6.07) is 7.93. The first kappa shape index (κ1) is 13.2. The Kier molecular flexibility index (Phi) is 4.48. The predicted octanol–water partition coefficient (Wildman–Crippen LogP) is 2.33. The van der Waals surface area contributed by atoms with Crippen LogP contribution in [0.25, 0.3) is 0 Å². The lowest BCUT2D eigenvalue weighted by molar-refractivity contribution is -0.127. The van der Waals surface area contributed by atoms with E-state index in [4.69, 9.17) is 16.3 Å². The Bertz CT molecular complexity index is 422. The highest BCUT2D eigenvalue weighted by Gasteiger charge is 2.28. The number of alkyl halides is 1. The number of methoxy groups -OCH3 is 1. The van der Waals surface area contributed by atoms with E-state index in [9.17, 15) is 4.79 Å². The average molecular weight is 268 g/mol. The fourth-order valence-electron chi connectivity index (χ4n) is 2.34. The van der Waals surface area contributed by atoms with Crippen LogP contribution in [0.2, 0.25) is 0 Å². The summed E-state index contributed by atoms with van der Waals surface area (Å²) in [7, 11) is 1.67. The molecule has 1 unspecified atom stereocenters. The smallest absolute Gasteiger partial charge is 0.222 e. The van der Waals surface area contributed by atoms with Gasteiger partial charge in [0.1, 0.15) is 5.75 Å². The van der Waals surface area contributed by atoms with Gasteiger partial charge in [-0.15, -0.1) is 11.6 Å². The maximum atomic E-state index is 11.8. The second-order valence-electron chi connectivity index (χ2n) is 4.63. The third-order valence-corrected chi connectivity index (χ3v) is 3.79. The highest BCUT2D eigenvalue weighted by Crippen LogP contribution is 2.22. The Morgan fingerprint density at radius 2 is 2.22 bits per heavy atom. The van der Waals surface area contributed by atoms with Gasteiger partial charge in [-0.2, -0.15) is 0 Å². The molecule has 1 aliphatic rings. The van der Waals surface area contributed by atoms with E-state index < -0.39 is 0 Å². The molecule has 18 heavy (non-hydrogen) atoms. The minimum atomic E-state index is 0.218. The molecular formula is C14H18ClNO2. The van der Waals surface area contributed by atoms with Crippen molar-refractivity contribution in [2.45, 2.75) is 12.8 Å². The van der Waals surface area contributed by atoms with E-state index in [0.717, 1.165) is 30.8 Å². The average Bonchev–Trinajstić information content (AvgIpc) is 2.77. The fourth-order valence-corrected chi connectivity index (χ4v) is 2.55. The number of rotatable bonds is 5. The van der Waals surface area contributed by atoms with Crippen molar-refractivity contribution in [1.29, 1.82) is 0 Å². The quantitative estimate of drug-likeness (QED) is 0.767. The number of likely N-dealkylation sites (tertiary alicyclic amines) is 1. The first-order valence-corrected chi connectivity index (χ1v) is 6.73. The van der Waals surface area contributed by atoms with E-state index in [1.807, 2.05) is 29.2 Å².